The molecule has 0 unspecified atom stereocenters. The summed E-state index contributed by atoms with van der Waals surface area (Å²) in [5.74, 6) is -0.137. The van der Waals surface area contributed by atoms with Crippen LogP contribution in [0.2, 0.25) is 0 Å². The Morgan fingerprint density at radius 1 is 0.524 bits per heavy atom. The first kappa shape index (κ1) is 27.9. The second-order valence-electron chi connectivity index (χ2n) is 11.1. The van der Waals surface area contributed by atoms with E-state index < -0.39 is 12.2 Å². The van der Waals surface area contributed by atoms with E-state index in [-0.39, 0.29) is 36.0 Å². The standard InChI is InChI=1S/C36H36N2O4/c1-25(29-19-11-5-12-20-29)37-31(33(35(37)39)41-23-27-15-7-3-8-16-27)32-34(42-24-28-17-9-4-10-18-28)36(40)38(32)26(2)30-21-13-6-14-22-30/h3-22,25-26,31-34H,23-24H2,1-2H3/t25-,26-,31-,32-,33+,34+/m0/s1. The largest absolute Gasteiger partial charge is 0.361 e. The third-order valence-corrected chi connectivity index (χ3v) is 8.55. The van der Waals surface area contributed by atoms with Gasteiger partial charge in [-0.05, 0) is 36.1 Å². The molecule has 0 N–H and O–H groups in total. The lowest BCUT2D eigenvalue weighted by atomic mass is 9.78. The van der Waals surface area contributed by atoms with Gasteiger partial charge in [0.2, 0.25) is 0 Å². The smallest absolute Gasteiger partial charge is 0.254 e. The molecule has 2 aliphatic rings. The lowest BCUT2D eigenvalue weighted by molar-refractivity contribution is -0.220. The van der Waals surface area contributed by atoms with E-state index in [2.05, 4.69) is 0 Å². The van der Waals surface area contributed by atoms with Crippen molar-refractivity contribution in [2.45, 2.75) is 63.4 Å². The number of hydrogen-bond acceptors (Lipinski definition) is 4. The van der Waals surface area contributed by atoms with Crippen LogP contribution in [0.25, 0.3) is 0 Å². The van der Waals surface area contributed by atoms with Gasteiger partial charge >= 0.3 is 0 Å². The van der Waals surface area contributed by atoms with Crippen molar-refractivity contribution in [3.05, 3.63) is 144 Å². The summed E-state index contributed by atoms with van der Waals surface area (Å²) in [6.07, 6.45) is -1.38. The number of β-lactam (4-membered cyclic amide) rings is 2. The summed E-state index contributed by atoms with van der Waals surface area (Å²) in [5.41, 5.74) is 4.06. The minimum absolute atomic E-state index is 0.0687. The number of hydrogen-bond donors (Lipinski definition) is 0. The highest BCUT2D eigenvalue weighted by molar-refractivity contribution is 5.94. The predicted octanol–water partition coefficient (Wildman–Crippen LogP) is 6.10. The molecule has 2 saturated heterocycles. The van der Waals surface area contributed by atoms with Crippen LogP contribution < -0.4 is 0 Å². The fourth-order valence-corrected chi connectivity index (χ4v) is 6.24. The quantitative estimate of drug-likeness (QED) is 0.208. The number of carbonyl (C=O) groups excluding carboxylic acids is 2. The van der Waals surface area contributed by atoms with Crippen molar-refractivity contribution in [3.8, 4) is 0 Å². The Bertz CT molecular complexity index is 1370. The van der Waals surface area contributed by atoms with Crippen LogP contribution >= 0.6 is 0 Å². The highest BCUT2D eigenvalue weighted by Crippen LogP contribution is 2.44. The Labute approximate surface area is 247 Å². The summed E-state index contributed by atoms with van der Waals surface area (Å²) < 4.78 is 12.7. The first-order valence-corrected chi connectivity index (χ1v) is 14.6. The van der Waals surface area contributed by atoms with Crippen LogP contribution in [-0.2, 0) is 32.3 Å². The van der Waals surface area contributed by atoms with Crippen molar-refractivity contribution in [3.63, 3.8) is 0 Å². The van der Waals surface area contributed by atoms with Gasteiger partial charge in [0.1, 0.15) is 0 Å². The molecule has 2 fully saturated rings. The van der Waals surface area contributed by atoms with Crippen molar-refractivity contribution < 1.29 is 19.1 Å². The topological polar surface area (TPSA) is 59.1 Å². The van der Waals surface area contributed by atoms with Crippen LogP contribution in [0.3, 0.4) is 0 Å². The minimum atomic E-state index is -0.692. The summed E-state index contributed by atoms with van der Waals surface area (Å²) in [7, 11) is 0. The summed E-state index contributed by atoms with van der Waals surface area (Å²) in [5, 5.41) is 0. The molecule has 2 amide bonds. The fourth-order valence-electron chi connectivity index (χ4n) is 6.24. The molecular weight excluding hydrogens is 524 g/mol. The molecule has 0 spiro atoms. The van der Waals surface area contributed by atoms with E-state index in [0.717, 1.165) is 22.3 Å². The Hall–Kier alpha value is -4.26. The Morgan fingerprint density at radius 2 is 0.833 bits per heavy atom. The van der Waals surface area contributed by atoms with Crippen LogP contribution in [0, 0.1) is 0 Å². The fraction of sp³-hybridized carbons (Fsp3) is 0.278. The van der Waals surface area contributed by atoms with Gasteiger partial charge in [0.25, 0.3) is 11.8 Å². The van der Waals surface area contributed by atoms with Gasteiger partial charge in [-0.25, -0.2) is 0 Å². The molecule has 6 heteroatoms. The molecule has 6 atom stereocenters. The molecule has 2 heterocycles. The van der Waals surface area contributed by atoms with Gasteiger partial charge in [-0.1, -0.05) is 121 Å². The van der Waals surface area contributed by atoms with Crippen molar-refractivity contribution >= 4 is 11.8 Å². The van der Waals surface area contributed by atoms with Gasteiger partial charge in [0.05, 0.1) is 37.4 Å². The Kier molecular flexibility index (Phi) is 8.17. The third kappa shape index (κ3) is 5.36. The van der Waals surface area contributed by atoms with Crippen molar-refractivity contribution in [1.82, 2.24) is 9.80 Å². The zero-order valence-electron chi connectivity index (χ0n) is 24.0. The average Bonchev–Trinajstić information content (AvgIpc) is 3.04. The van der Waals surface area contributed by atoms with Crippen LogP contribution in [-0.4, -0.2) is 45.9 Å². The molecule has 2 aliphatic heterocycles. The van der Waals surface area contributed by atoms with E-state index in [0.29, 0.717) is 13.2 Å². The first-order valence-electron chi connectivity index (χ1n) is 14.6. The summed E-state index contributed by atoms with van der Waals surface area (Å²) in [4.78, 5) is 31.4. The number of rotatable bonds is 11. The molecular formula is C36H36N2O4. The molecule has 0 aromatic heterocycles. The first-order chi connectivity index (χ1) is 20.5. The molecule has 4 aromatic rings. The molecule has 0 saturated carbocycles. The average molecular weight is 561 g/mol. The maximum Gasteiger partial charge on any atom is 0.254 e. The van der Waals surface area contributed by atoms with Crippen LogP contribution in [0.1, 0.15) is 48.2 Å². The van der Waals surface area contributed by atoms with Gasteiger partial charge in [0, 0.05) is 0 Å². The number of ether oxygens (including phenoxy) is 2. The maximum atomic E-state index is 13.8. The van der Waals surface area contributed by atoms with E-state index in [4.69, 9.17) is 9.47 Å². The second kappa shape index (κ2) is 12.3. The zero-order chi connectivity index (χ0) is 29.1. The summed E-state index contributed by atoms with van der Waals surface area (Å²) in [6.45, 7) is 4.70. The SMILES string of the molecule is C[C@@H](c1ccccc1)N1C(=O)[C@H](OCc2ccccc2)[C@@H]1[C@H]1[C@@H](OCc2ccccc2)C(=O)N1[C@@H](C)c1ccccc1. The van der Waals surface area contributed by atoms with E-state index >= 15 is 0 Å². The predicted molar refractivity (Wildman–Crippen MR) is 161 cm³/mol. The summed E-state index contributed by atoms with van der Waals surface area (Å²) in [6, 6.07) is 38.6. The van der Waals surface area contributed by atoms with Crippen molar-refractivity contribution in [2.24, 2.45) is 0 Å². The van der Waals surface area contributed by atoms with Crippen molar-refractivity contribution in [1.29, 1.82) is 0 Å². The second-order valence-corrected chi connectivity index (χ2v) is 11.1. The molecule has 0 radical (unpaired) electrons. The lowest BCUT2D eigenvalue weighted by Gasteiger charge is -2.61. The van der Waals surface area contributed by atoms with E-state index in [1.165, 1.54) is 0 Å². The minimum Gasteiger partial charge on any atom is -0.361 e. The maximum absolute atomic E-state index is 13.8. The third-order valence-electron chi connectivity index (χ3n) is 8.55. The molecule has 42 heavy (non-hydrogen) atoms. The number of nitrogens with zero attached hydrogens (tertiary/aromatic N) is 2. The molecule has 6 nitrogen and oxygen atoms in total. The Balaban J connectivity index is 1.34. The van der Waals surface area contributed by atoms with Gasteiger partial charge in [-0.15, -0.1) is 0 Å². The van der Waals surface area contributed by atoms with Crippen LogP contribution in [0.4, 0.5) is 0 Å². The number of benzene rings is 4. The molecule has 0 aliphatic carbocycles. The van der Waals surface area contributed by atoms with Gasteiger partial charge in [0.15, 0.2) is 12.2 Å². The molecule has 6 rings (SSSR count). The summed E-state index contributed by atoms with van der Waals surface area (Å²) >= 11 is 0. The van der Waals surface area contributed by atoms with Crippen LogP contribution in [0.5, 0.6) is 0 Å². The van der Waals surface area contributed by atoms with E-state index in [1.54, 1.807) is 0 Å². The van der Waals surface area contributed by atoms with Crippen LogP contribution in [0.15, 0.2) is 121 Å². The number of likely N-dealkylation sites (tertiary alicyclic amines) is 2. The Morgan fingerprint density at radius 3 is 1.17 bits per heavy atom. The van der Waals surface area contributed by atoms with Crippen molar-refractivity contribution in [2.75, 3.05) is 0 Å². The lowest BCUT2D eigenvalue weighted by Crippen LogP contribution is -2.81. The van der Waals surface area contributed by atoms with E-state index in [9.17, 15) is 9.59 Å². The van der Waals surface area contributed by atoms with Gasteiger partial charge in [-0.2, -0.15) is 0 Å². The number of carbonyl (C=O) groups is 2. The zero-order valence-corrected chi connectivity index (χ0v) is 24.0. The van der Waals surface area contributed by atoms with E-state index in [1.807, 2.05) is 145 Å². The number of amides is 2. The molecule has 4 aromatic carbocycles. The molecule has 0 bridgehead atoms. The monoisotopic (exact) mass is 560 g/mol. The normalized spacial score (nSPS) is 23.2. The highest BCUT2D eigenvalue weighted by Gasteiger charge is 2.64. The molecule has 214 valence electrons. The van der Waals surface area contributed by atoms with Gasteiger partial charge < -0.3 is 19.3 Å². The highest BCUT2D eigenvalue weighted by atomic mass is 16.5. The van der Waals surface area contributed by atoms with Gasteiger partial charge in [-0.3, -0.25) is 9.59 Å².